The maximum atomic E-state index is 12.7. The van der Waals surface area contributed by atoms with Crippen molar-refractivity contribution in [1.29, 1.82) is 0 Å². The number of hydrogen-bond acceptors (Lipinski definition) is 4. The maximum Gasteiger partial charge on any atom is 0.412 e. The van der Waals surface area contributed by atoms with Crippen molar-refractivity contribution in [1.82, 2.24) is 5.32 Å². The van der Waals surface area contributed by atoms with Crippen LogP contribution in [-0.2, 0) is 9.47 Å². The van der Waals surface area contributed by atoms with E-state index in [1.54, 1.807) is 32.9 Å². The predicted octanol–water partition coefficient (Wildman–Crippen LogP) is 4.34. The quantitative estimate of drug-likeness (QED) is 0.709. The van der Waals surface area contributed by atoms with Crippen LogP contribution in [0.1, 0.15) is 44.5 Å². The van der Waals surface area contributed by atoms with Gasteiger partial charge in [-0.1, -0.05) is 24.3 Å². The zero-order valence-electron chi connectivity index (χ0n) is 16.4. The van der Waals surface area contributed by atoms with Crippen molar-refractivity contribution < 1.29 is 19.1 Å². The Kier molecular flexibility index (Phi) is 7.19. The zero-order valence-corrected chi connectivity index (χ0v) is 16.4. The summed E-state index contributed by atoms with van der Waals surface area (Å²) in [5.41, 5.74) is 0.198. The second-order valence-electron chi connectivity index (χ2n) is 7.18. The van der Waals surface area contributed by atoms with Gasteiger partial charge in [-0.05, 0) is 57.0 Å². The third-order valence-electron chi connectivity index (χ3n) is 3.72. The van der Waals surface area contributed by atoms with Crippen LogP contribution >= 0.6 is 0 Å². The summed E-state index contributed by atoms with van der Waals surface area (Å²) in [4.78, 5) is 24.9. The van der Waals surface area contributed by atoms with Crippen molar-refractivity contribution in [2.75, 3.05) is 25.1 Å². The van der Waals surface area contributed by atoms with Crippen LogP contribution in [0.2, 0.25) is 0 Å². The molecule has 0 atom stereocenters. The number of nitrogens with one attached hydrogen (secondary N) is 2. The lowest BCUT2D eigenvalue weighted by Crippen LogP contribution is -2.29. The van der Waals surface area contributed by atoms with E-state index >= 15 is 0 Å². The number of rotatable bonds is 7. The molecule has 2 amide bonds. The van der Waals surface area contributed by atoms with Gasteiger partial charge in [0.05, 0.1) is 11.3 Å². The minimum Gasteiger partial charge on any atom is -0.444 e. The average Bonchev–Trinajstić information content (AvgIpc) is 2.59. The van der Waals surface area contributed by atoms with Crippen LogP contribution in [0, 0.1) is 0 Å². The van der Waals surface area contributed by atoms with Gasteiger partial charge in [0.2, 0.25) is 0 Å². The van der Waals surface area contributed by atoms with Gasteiger partial charge in [0, 0.05) is 19.8 Å². The molecule has 146 valence electrons. The fourth-order valence-electron chi connectivity index (χ4n) is 2.56. The Balaban J connectivity index is 2.21. The largest absolute Gasteiger partial charge is 0.444 e. The molecule has 2 rings (SSSR count). The molecule has 0 aliphatic heterocycles. The van der Waals surface area contributed by atoms with Gasteiger partial charge < -0.3 is 14.8 Å². The highest BCUT2D eigenvalue weighted by Gasteiger charge is 2.19. The van der Waals surface area contributed by atoms with Crippen LogP contribution in [0.5, 0.6) is 0 Å². The van der Waals surface area contributed by atoms with Crippen LogP contribution < -0.4 is 10.6 Å². The topological polar surface area (TPSA) is 76.7 Å². The van der Waals surface area contributed by atoms with Crippen molar-refractivity contribution in [2.24, 2.45) is 0 Å². The third-order valence-corrected chi connectivity index (χ3v) is 3.72. The Morgan fingerprint density at radius 1 is 1.07 bits per heavy atom. The zero-order chi connectivity index (χ0) is 19.9. The van der Waals surface area contributed by atoms with Gasteiger partial charge in [-0.25, -0.2) is 4.79 Å². The van der Waals surface area contributed by atoms with E-state index in [4.69, 9.17) is 9.47 Å². The van der Waals surface area contributed by atoms with Crippen molar-refractivity contribution in [3.63, 3.8) is 0 Å². The summed E-state index contributed by atoms with van der Waals surface area (Å²) in [6.07, 6.45) is 0.130. The molecular weight excluding hydrogens is 344 g/mol. The molecule has 0 saturated heterocycles. The number of amides is 2. The number of benzene rings is 2. The van der Waals surface area contributed by atoms with Crippen molar-refractivity contribution in [2.45, 2.75) is 39.7 Å². The fourth-order valence-corrected chi connectivity index (χ4v) is 2.56. The van der Waals surface area contributed by atoms with Crippen LogP contribution in [0.25, 0.3) is 10.8 Å². The lowest BCUT2D eigenvalue weighted by atomic mass is 10.0. The number of anilines is 1. The second kappa shape index (κ2) is 9.37. The molecule has 0 unspecified atom stereocenters. The predicted molar refractivity (Wildman–Crippen MR) is 107 cm³/mol. The molecule has 0 aliphatic rings. The first-order valence-corrected chi connectivity index (χ1v) is 9.19. The number of hydrogen-bond donors (Lipinski definition) is 2. The second-order valence-corrected chi connectivity index (χ2v) is 7.18. The molecule has 0 saturated carbocycles. The molecule has 0 spiro atoms. The van der Waals surface area contributed by atoms with Gasteiger partial charge >= 0.3 is 6.09 Å². The Morgan fingerprint density at radius 3 is 2.37 bits per heavy atom. The Morgan fingerprint density at radius 2 is 1.74 bits per heavy atom. The summed E-state index contributed by atoms with van der Waals surface area (Å²) in [5.74, 6) is -0.247. The van der Waals surface area contributed by atoms with Crippen molar-refractivity contribution in [3.05, 3.63) is 42.0 Å². The molecular formula is C21H28N2O4. The van der Waals surface area contributed by atoms with Crippen LogP contribution in [0.4, 0.5) is 10.5 Å². The number of ether oxygens (including phenoxy) is 2. The molecule has 0 radical (unpaired) electrons. The fraction of sp³-hybridized carbons (Fsp3) is 0.429. The molecule has 0 heterocycles. The number of fused-ring (bicyclic) bond motifs is 1. The number of carbonyl (C=O) groups excluding carboxylic acids is 2. The highest BCUT2D eigenvalue weighted by molar-refractivity contribution is 6.07. The molecule has 6 nitrogen and oxygen atoms in total. The molecule has 6 heteroatoms. The lowest BCUT2D eigenvalue weighted by Gasteiger charge is -2.20. The van der Waals surface area contributed by atoms with Crippen molar-refractivity contribution >= 4 is 28.5 Å². The van der Waals surface area contributed by atoms with Gasteiger partial charge in [-0.15, -0.1) is 0 Å². The van der Waals surface area contributed by atoms with Gasteiger partial charge in [-0.2, -0.15) is 0 Å². The summed E-state index contributed by atoms with van der Waals surface area (Å²) in [7, 11) is 0. The molecule has 0 fully saturated rings. The SMILES string of the molecule is CCOCCCNC(=O)c1cc2ccccc2cc1NC(=O)OC(C)(C)C. The van der Waals surface area contributed by atoms with E-state index in [9.17, 15) is 9.59 Å². The molecule has 2 aromatic carbocycles. The first-order valence-electron chi connectivity index (χ1n) is 9.19. The Labute approximate surface area is 160 Å². The average molecular weight is 372 g/mol. The highest BCUT2D eigenvalue weighted by atomic mass is 16.6. The van der Waals surface area contributed by atoms with Crippen LogP contribution in [0.15, 0.2) is 36.4 Å². The third kappa shape index (κ3) is 6.57. The van der Waals surface area contributed by atoms with Crippen LogP contribution in [-0.4, -0.2) is 37.4 Å². The van der Waals surface area contributed by atoms with E-state index in [0.29, 0.717) is 31.0 Å². The summed E-state index contributed by atoms with van der Waals surface area (Å²) < 4.78 is 10.6. The maximum absolute atomic E-state index is 12.7. The Bertz CT molecular complexity index is 796. The van der Waals surface area contributed by atoms with Crippen LogP contribution in [0.3, 0.4) is 0 Å². The van der Waals surface area contributed by atoms with E-state index < -0.39 is 11.7 Å². The van der Waals surface area contributed by atoms with E-state index in [1.807, 2.05) is 31.2 Å². The van der Waals surface area contributed by atoms with E-state index in [-0.39, 0.29) is 5.91 Å². The van der Waals surface area contributed by atoms with Crippen molar-refractivity contribution in [3.8, 4) is 0 Å². The summed E-state index contributed by atoms with van der Waals surface area (Å²) >= 11 is 0. The van der Waals surface area contributed by atoms with E-state index in [1.165, 1.54) is 0 Å². The highest BCUT2D eigenvalue weighted by Crippen LogP contribution is 2.25. The first-order chi connectivity index (χ1) is 12.8. The van der Waals surface area contributed by atoms with Gasteiger partial charge in [0.25, 0.3) is 5.91 Å². The van der Waals surface area contributed by atoms with Gasteiger partial charge in [0.1, 0.15) is 5.60 Å². The molecule has 0 aromatic heterocycles. The summed E-state index contributed by atoms with van der Waals surface area (Å²) in [6.45, 7) is 9.05. The summed E-state index contributed by atoms with van der Waals surface area (Å²) in [5, 5.41) is 7.43. The molecule has 2 N–H and O–H groups in total. The number of carbonyl (C=O) groups is 2. The Hall–Kier alpha value is -2.60. The van der Waals surface area contributed by atoms with Gasteiger partial charge in [0.15, 0.2) is 0 Å². The minimum absolute atomic E-state index is 0.247. The molecule has 0 bridgehead atoms. The molecule has 2 aromatic rings. The summed E-state index contributed by atoms with van der Waals surface area (Å²) in [6, 6.07) is 11.2. The first kappa shape index (κ1) is 20.7. The normalized spacial score (nSPS) is 11.3. The lowest BCUT2D eigenvalue weighted by molar-refractivity contribution is 0.0636. The monoisotopic (exact) mass is 372 g/mol. The molecule has 0 aliphatic carbocycles. The van der Waals surface area contributed by atoms with E-state index in [0.717, 1.165) is 17.2 Å². The smallest absolute Gasteiger partial charge is 0.412 e. The van der Waals surface area contributed by atoms with Gasteiger partial charge in [-0.3, -0.25) is 10.1 Å². The molecule has 27 heavy (non-hydrogen) atoms. The van der Waals surface area contributed by atoms with E-state index in [2.05, 4.69) is 10.6 Å². The minimum atomic E-state index is -0.622. The standard InChI is InChI=1S/C21H28N2O4/c1-5-26-12-8-11-22-19(24)17-13-15-9-6-7-10-16(15)14-18(17)23-20(25)27-21(2,3)4/h6-7,9-10,13-14H,5,8,11-12H2,1-4H3,(H,22,24)(H,23,25).